The van der Waals surface area contributed by atoms with Gasteiger partial charge in [0.15, 0.2) is 0 Å². The monoisotopic (exact) mass is 367 g/mol. The molecule has 1 fully saturated rings. The van der Waals surface area contributed by atoms with E-state index in [2.05, 4.69) is 20.2 Å². The highest BCUT2D eigenvalue weighted by Crippen LogP contribution is 2.26. The highest BCUT2D eigenvalue weighted by atomic mass is 35.5. The van der Waals surface area contributed by atoms with Crippen molar-refractivity contribution < 1.29 is 4.74 Å². The average Bonchev–Trinajstić information content (AvgIpc) is 2.69. The molecule has 0 amide bonds. The van der Waals surface area contributed by atoms with Crippen LogP contribution < -0.4 is 10.2 Å². The number of morpholine rings is 1. The van der Waals surface area contributed by atoms with Crippen LogP contribution in [-0.4, -0.2) is 41.3 Å². The number of rotatable bonds is 4. The van der Waals surface area contributed by atoms with Crippen LogP contribution in [0.3, 0.4) is 0 Å². The maximum absolute atomic E-state index is 6.16. The van der Waals surface area contributed by atoms with E-state index < -0.39 is 0 Å². The normalized spacial score (nSPS) is 14.3. The second-order valence-corrected chi connectivity index (χ2v) is 6.35. The number of nitrogens with one attached hydrogen (secondary N) is 1. The molecule has 0 unspecified atom stereocenters. The van der Waals surface area contributed by atoms with Crippen LogP contribution in [0.25, 0.3) is 11.3 Å². The van der Waals surface area contributed by atoms with Gasteiger partial charge in [-0.1, -0.05) is 23.7 Å². The summed E-state index contributed by atoms with van der Waals surface area (Å²) in [7, 11) is 0. The van der Waals surface area contributed by atoms with Crippen molar-refractivity contribution in [1.29, 1.82) is 0 Å². The summed E-state index contributed by atoms with van der Waals surface area (Å²) in [4.78, 5) is 15.7. The highest BCUT2D eigenvalue weighted by molar-refractivity contribution is 6.30. The zero-order chi connectivity index (χ0) is 17.8. The smallest absolute Gasteiger partial charge is 0.228 e. The molecule has 0 aliphatic carbocycles. The summed E-state index contributed by atoms with van der Waals surface area (Å²) in [6.07, 6.45) is 3.50. The molecule has 2 aromatic heterocycles. The van der Waals surface area contributed by atoms with Crippen molar-refractivity contribution in [2.24, 2.45) is 0 Å². The van der Waals surface area contributed by atoms with E-state index in [-0.39, 0.29) is 0 Å². The number of benzene rings is 1. The van der Waals surface area contributed by atoms with Crippen LogP contribution in [0.15, 0.2) is 54.9 Å². The summed E-state index contributed by atoms with van der Waals surface area (Å²) >= 11 is 6.16. The molecule has 1 saturated heterocycles. The number of anilines is 3. The summed E-state index contributed by atoms with van der Waals surface area (Å²) in [5.74, 6) is 1.39. The number of pyridine rings is 1. The highest BCUT2D eigenvalue weighted by Gasteiger charge is 2.16. The number of hydrogen-bond acceptors (Lipinski definition) is 6. The quantitative estimate of drug-likeness (QED) is 0.757. The van der Waals surface area contributed by atoms with Crippen LogP contribution in [0.1, 0.15) is 0 Å². The van der Waals surface area contributed by atoms with Crippen molar-refractivity contribution in [2.45, 2.75) is 0 Å². The lowest BCUT2D eigenvalue weighted by Gasteiger charge is -2.27. The summed E-state index contributed by atoms with van der Waals surface area (Å²) in [6, 6.07) is 13.4. The Morgan fingerprint density at radius 2 is 1.92 bits per heavy atom. The zero-order valence-electron chi connectivity index (χ0n) is 14.1. The van der Waals surface area contributed by atoms with E-state index in [0.29, 0.717) is 30.0 Å². The van der Waals surface area contributed by atoms with Crippen LogP contribution in [0.4, 0.5) is 17.5 Å². The lowest BCUT2D eigenvalue weighted by atomic mass is 10.1. The molecule has 0 radical (unpaired) electrons. The summed E-state index contributed by atoms with van der Waals surface area (Å²) in [5, 5.41) is 3.98. The van der Waals surface area contributed by atoms with Crippen molar-refractivity contribution >= 4 is 29.1 Å². The van der Waals surface area contributed by atoms with Crippen LogP contribution in [-0.2, 0) is 4.74 Å². The minimum absolute atomic E-state index is 0.677. The van der Waals surface area contributed by atoms with E-state index in [4.69, 9.17) is 21.3 Å². The number of aromatic nitrogens is 3. The minimum Gasteiger partial charge on any atom is -0.378 e. The number of nitrogens with zero attached hydrogens (tertiary/aromatic N) is 4. The SMILES string of the molecule is Clc1cccc(-c2cc(Nc3cccnc3)nc(N3CCOCC3)n2)c1. The predicted molar refractivity (Wildman–Crippen MR) is 103 cm³/mol. The van der Waals surface area contributed by atoms with Gasteiger partial charge < -0.3 is 15.0 Å². The van der Waals surface area contributed by atoms with Crippen LogP contribution >= 0.6 is 11.6 Å². The molecule has 6 nitrogen and oxygen atoms in total. The van der Waals surface area contributed by atoms with Gasteiger partial charge in [0.1, 0.15) is 5.82 Å². The van der Waals surface area contributed by atoms with Gasteiger partial charge in [0.25, 0.3) is 0 Å². The molecule has 26 heavy (non-hydrogen) atoms. The molecule has 3 heterocycles. The van der Waals surface area contributed by atoms with Crippen LogP contribution in [0.2, 0.25) is 5.02 Å². The fourth-order valence-corrected chi connectivity index (χ4v) is 2.97. The lowest BCUT2D eigenvalue weighted by Crippen LogP contribution is -2.37. The standard InChI is InChI=1S/C19H18ClN5O/c20-15-4-1-3-14(11-15)17-12-18(22-16-5-2-6-21-13-16)24-19(23-17)25-7-9-26-10-8-25/h1-6,11-13H,7-10H2,(H,22,23,24). The van der Waals surface area contributed by atoms with Gasteiger partial charge in [0.2, 0.25) is 5.95 Å². The number of hydrogen-bond donors (Lipinski definition) is 1. The van der Waals surface area contributed by atoms with Gasteiger partial charge >= 0.3 is 0 Å². The van der Waals surface area contributed by atoms with Gasteiger partial charge in [-0.05, 0) is 24.3 Å². The molecule has 0 atom stereocenters. The van der Waals surface area contributed by atoms with Gasteiger partial charge in [-0.15, -0.1) is 0 Å². The van der Waals surface area contributed by atoms with Crippen molar-refractivity contribution in [3.05, 3.63) is 59.9 Å². The Morgan fingerprint density at radius 1 is 1.04 bits per heavy atom. The first-order valence-electron chi connectivity index (χ1n) is 8.43. The third-order valence-electron chi connectivity index (χ3n) is 4.06. The first kappa shape index (κ1) is 16.8. The predicted octanol–water partition coefficient (Wildman–Crippen LogP) is 3.77. The molecular formula is C19H18ClN5O. The van der Waals surface area contributed by atoms with Crippen molar-refractivity contribution in [3.63, 3.8) is 0 Å². The second kappa shape index (κ2) is 7.68. The van der Waals surface area contributed by atoms with E-state index in [1.165, 1.54) is 0 Å². The molecule has 4 rings (SSSR count). The van der Waals surface area contributed by atoms with E-state index in [0.717, 1.165) is 30.0 Å². The fraction of sp³-hybridized carbons (Fsp3) is 0.211. The van der Waals surface area contributed by atoms with Crippen molar-refractivity contribution in [1.82, 2.24) is 15.0 Å². The topological polar surface area (TPSA) is 63.2 Å². The molecular weight excluding hydrogens is 350 g/mol. The molecule has 3 aromatic rings. The minimum atomic E-state index is 0.677. The molecule has 0 saturated carbocycles. The Bertz CT molecular complexity index is 884. The maximum atomic E-state index is 6.16. The number of halogens is 1. The molecule has 1 aromatic carbocycles. The van der Waals surface area contributed by atoms with E-state index in [1.807, 2.05) is 42.5 Å². The third kappa shape index (κ3) is 3.92. The summed E-state index contributed by atoms with van der Waals surface area (Å²) in [6.45, 7) is 2.89. The average molecular weight is 368 g/mol. The van der Waals surface area contributed by atoms with Crippen molar-refractivity contribution in [2.75, 3.05) is 36.5 Å². The van der Waals surface area contributed by atoms with Gasteiger partial charge in [-0.25, -0.2) is 4.98 Å². The molecule has 0 bridgehead atoms. The fourth-order valence-electron chi connectivity index (χ4n) is 2.78. The molecule has 7 heteroatoms. The van der Waals surface area contributed by atoms with Gasteiger partial charge in [-0.2, -0.15) is 4.98 Å². The first-order valence-corrected chi connectivity index (χ1v) is 8.80. The van der Waals surface area contributed by atoms with Crippen molar-refractivity contribution in [3.8, 4) is 11.3 Å². The first-order chi connectivity index (χ1) is 12.8. The van der Waals surface area contributed by atoms with E-state index in [9.17, 15) is 0 Å². The Kier molecular flexibility index (Phi) is 4.95. The van der Waals surface area contributed by atoms with E-state index >= 15 is 0 Å². The second-order valence-electron chi connectivity index (χ2n) is 5.91. The van der Waals surface area contributed by atoms with Crippen LogP contribution in [0, 0.1) is 0 Å². The van der Waals surface area contributed by atoms with Gasteiger partial charge in [0, 0.05) is 35.9 Å². The van der Waals surface area contributed by atoms with E-state index in [1.54, 1.807) is 12.4 Å². The summed E-state index contributed by atoms with van der Waals surface area (Å²) < 4.78 is 5.44. The zero-order valence-corrected chi connectivity index (χ0v) is 14.9. The Hall–Kier alpha value is -2.70. The Morgan fingerprint density at radius 3 is 2.69 bits per heavy atom. The largest absolute Gasteiger partial charge is 0.378 e. The summed E-state index contributed by atoms with van der Waals surface area (Å²) in [5.41, 5.74) is 2.63. The lowest BCUT2D eigenvalue weighted by molar-refractivity contribution is 0.122. The Balaban J connectivity index is 1.73. The molecule has 1 aliphatic heterocycles. The maximum Gasteiger partial charge on any atom is 0.228 e. The molecule has 132 valence electrons. The number of ether oxygens (including phenoxy) is 1. The van der Waals surface area contributed by atoms with Gasteiger partial charge in [-0.3, -0.25) is 4.98 Å². The molecule has 0 spiro atoms. The molecule has 1 aliphatic rings. The van der Waals surface area contributed by atoms with Gasteiger partial charge in [0.05, 0.1) is 30.8 Å². The van der Waals surface area contributed by atoms with Crippen LogP contribution in [0.5, 0.6) is 0 Å². The molecule has 1 N–H and O–H groups in total. The third-order valence-corrected chi connectivity index (χ3v) is 4.30. The Labute approximate surface area is 156 Å².